The maximum Gasteiger partial charge on any atom is 0.249 e. The van der Waals surface area contributed by atoms with Crippen molar-refractivity contribution in [3.63, 3.8) is 0 Å². The van der Waals surface area contributed by atoms with Crippen LogP contribution in [0.3, 0.4) is 0 Å². The number of carbonyl (C=O) groups excluding carboxylic acids is 1. The van der Waals surface area contributed by atoms with E-state index in [0.717, 1.165) is 31.4 Å². The molecule has 1 amide bonds. The number of nitrogens with zero attached hydrogens (tertiary/aromatic N) is 1. The first-order valence-corrected chi connectivity index (χ1v) is 5.29. The first kappa shape index (κ1) is 11.2. The normalized spacial score (nSPS) is 23.8. The third-order valence-corrected chi connectivity index (χ3v) is 2.53. The lowest BCUT2D eigenvalue weighted by atomic mass is 10.1. The van der Waals surface area contributed by atoms with Crippen molar-refractivity contribution in [2.24, 2.45) is 0 Å². The van der Waals surface area contributed by atoms with Gasteiger partial charge in [0.1, 0.15) is 0 Å². The first-order valence-electron chi connectivity index (χ1n) is 5.29. The third-order valence-electron chi connectivity index (χ3n) is 2.53. The molecule has 1 atom stereocenters. The van der Waals surface area contributed by atoms with Gasteiger partial charge in [-0.25, -0.2) is 0 Å². The topological polar surface area (TPSA) is 40.5 Å². The number of piperidine rings is 1. The Morgan fingerprint density at radius 2 is 2.36 bits per heavy atom. The summed E-state index contributed by atoms with van der Waals surface area (Å²) in [5.41, 5.74) is 0.793. The summed E-state index contributed by atoms with van der Waals surface area (Å²) in [6.45, 7) is 5.13. The summed E-state index contributed by atoms with van der Waals surface area (Å²) in [7, 11) is 0. The van der Waals surface area contributed by atoms with Crippen molar-refractivity contribution in [2.75, 3.05) is 13.1 Å². The summed E-state index contributed by atoms with van der Waals surface area (Å²) in [6, 6.07) is 0. The average molecular weight is 197 g/mol. The molecule has 0 aromatic rings. The molecular formula is C11H19NO2. The van der Waals surface area contributed by atoms with Gasteiger partial charge in [0.2, 0.25) is 5.91 Å². The van der Waals surface area contributed by atoms with Crippen LogP contribution in [0.5, 0.6) is 0 Å². The van der Waals surface area contributed by atoms with Gasteiger partial charge in [0.05, 0.1) is 6.10 Å². The minimum atomic E-state index is -0.331. The fraction of sp³-hybridized carbons (Fsp3) is 0.727. The van der Waals surface area contributed by atoms with Crippen LogP contribution in [0, 0.1) is 0 Å². The zero-order valence-electron chi connectivity index (χ0n) is 8.99. The molecule has 1 aliphatic heterocycles. The summed E-state index contributed by atoms with van der Waals surface area (Å²) in [5.74, 6) is 0.0746. The highest BCUT2D eigenvalue weighted by Crippen LogP contribution is 2.12. The smallest absolute Gasteiger partial charge is 0.249 e. The van der Waals surface area contributed by atoms with Crippen LogP contribution in [0.2, 0.25) is 0 Å². The highest BCUT2D eigenvalue weighted by molar-refractivity contribution is 5.92. The predicted molar refractivity (Wildman–Crippen MR) is 55.9 cm³/mol. The lowest BCUT2D eigenvalue weighted by Crippen LogP contribution is -2.42. The summed E-state index contributed by atoms with van der Waals surface area (Å²) in [5, 5.41) is 9.43. The second-order valence-electron chi connectivity index (χ2n) is 3.84. The molecule has 1 heterocycles. The number of hydrogen-bond donors (Lipinski definition) is 1. The highest BCUT2D eigenvalue weighted by atomic mass is 16.3. The summed E-state index contributed by atoms with van der Waals surface area (Å²) >= 11 is 0. The molecule has 0 aromatic carbocycles. The number of hydrogen-bond acceptors (Lipinski definition) is 2. The fourth-order valence-corrected chi connectivity index (χ4v) is 1.78. The largest absolute Gasteiger partial charge is 0.391 e. The number of likely N-dealkylation sites (tertiary alicyclic amines) is 1. The van der Waals surface area contributed by atoms with Gasteiger partial charge in [-0.1, -0.05) is 13.0 Å². The molecule has 0 radical (unpaired) electrons. The molecule has 1 fully saturated rings. The highest BCUT2D eigenvalue weighted by Gasteiger charge is 2.22. The van der Waals surface area contributed by atoms with Gasteiger partial charge in [-0.15, -0.1) is 0 Å². The van der Waals surface area contributed by atoms with Crippen molar-refractivity contribution in [1.29, 1.82) is 0 Å². The average Bonchev–Trinajstić information content (AvgIpc) is 2.17. The summed E-state index contributed by atoms with van der Waals surface area (Å²) in [6.07, 6.45) is 4.21. The maximum atomic E-state index is 11.8. The molecule has 14 heavy (non-hydrogen) atoms. The zero-order chi connectivity index (χ0) is 10.6. The number of carbonyl (C=O) groups is 1. The second-order valence-corrected chi connectivity index (χ2v) is 3.84. The van der Waals surface area contributed by atoms with Crippen molar-refractivity contribution in [3.05, 3.63) is 11.6 Å². The van der Waals surface area contributed by atoms with E-state index in [9.17, 15) is 9.90 Å². The quantitative estimate of drug-likeness (QED) is 0.678. The van der Waals surface area contributed by atoms with Gasteiger partial charge < -0.3 is 10.0 Å². The standard InChI is InChI=1S/C11H19NO2/c1-3-5-9(2)11(14)12-7-4-6-10(13)8-12/h5,10,13H,3-4,6-8H2,1-2H3/b9-5+. The van der Waals surface area contributed by atoms with Gasteiger partial charge in [-0.05, 0) is 26.2 Å². The number of rotatable bonds is 2. The number of allylic oxidation sites excluding steroid dienone is 1. The lowest BCUT2D eigenvalue weighted by Gasteiger charge is -2.30. The molecule has 1 N–H and O–H groups in total. The van der Waals surface area contributed by atoms with E-state index in [-0.39, 0.29) is 12.0 Å². The Morgan fingerprint density at radius 3 is 2.93 bits per heavy atom. The van der Waals surface area contributed by atoms with E-state index >= 15 is 0 Å². The van der Waals surface area contributed by atoms with Crippen LogP contribution >= 0.6 is 0 Å². The minimum absolute atomic E-state index is 0.0746. The number of amides is 1. The molecular weight excluding hydrogens is 178 g/mol. The Kier molecular flexibility index (Phi) is 4.14. The van der Waals surface area contributed by atoms with Crippen LogP contribution < -0.4 is 0 Å². The van der Waals surface area contributed by atoms with Crippen molar-refractivity contribution in [3.8, 4) is 0 Å². The van der Waals surface area contributed by atoms with E-state index in [4.69, 9.17) is 0 Å². The molecule has 80 valence electrons. The van der Waals surface area contributed by atoms with Gasteiger partial charge in [0.25, 0.3) is 0 Å². The van der Waals surface area contributed by atoms with Crippen molar-refractivity contribution < 1.29 is 9.90 Å². The Morgan fingerprint density at radius 1 is 1.64 bits per heavy atom. The summed E-state index contributed by atoms with van der Waals surface area (Å²) < 4.78 is 0. The molecule has 0 saturated carbocycles. The molecule has 1 unspecified atom stereocenters. The van der Waals surface area contributed by atoms with Gasteiger partial charge in [0.15, 0.2) is 0 Å². The SMILES string of the molecule is CC/C=C(\C)C(=O)N1CCCC(O)C1. The van der Waals surface area contributed by atoms with E-state index in [1.54, 1.807) is 4.90 Å². The Labute approximate surface area is 85.4 Å². The van der Waals surface area contributed by atoms with Crippen LogP contribution in [-0.2, 0) is 4.79 Å². The molecule has 1 aliphatic rings. The van der Waals surface area contributed by atoms with E-state index in [0.29, 0.717) is 6.54 Å². The molecule has 0 spiro atoms. The molecule has 0 aromatic heterocycles. The minimum Gasteiger partial charge on any atom is -0.391 e. The zero-order valence-corrected chi connectivity index (χ0v) is 8.99. The molecule has 0 bridgehead atoms. The van der Waals surface area contributed by atoms with Crippen molar-refractivity contribution >= 4 is 5.91 Å². The van der Waals surface area contributed by atoms with E-state index in [2.05, 4.69) is 0 Å². The van der Waals surface area contributed by atoms with Crippen molar-refractivity contribution in [1.82, 2.24) is 4.90 Å². The lowest BCUT2D eigenvalue weighted by molar-refractivity contribution is -0.130. The Bertz CT molecular complexity index is 235. The molecule has 1 rings (SSSR count). The first-order chi connectivity index (χ1) is 6.65. The van der Waals surface area contributed by atoms with Gasteiger partial charge in [0, 0.05) is 18.7 Å². The van der Waals surface area contributed by atoms with Crippen LogP contribution in [0.25, 0.3) is 0 Å². The summed E-state index contributed by atoms with van der Waals surface area (Å²) in [4.78, 5) is 13.5. The number of aliphatic hydroxyl groups is 1. The van der Waals surface area contributed by atoms with Gasteiger partial charge in [-0.3, -0.25) is 4.79 Å². The fourth-order valence-electron chi connectivity index (χ4n) is 1.78. The Balaban J connectivity index is 2.55. The van der Waals surface area contributed by atoms with Crippen molar-refractivity contribution in [2.45, 2.75) is 39.2 Å². The monoisotopic (exact) mass is 197 g/mol. The van der Waals surface area contributed by atoms with Gasteiger partial charge in [-0.2, -0.15) is 0 Å². The number of β-amino-alcohol motifs (C(OH)–C–C–N with tert-alkyl or cyclic N) is 1. The van der Waals surface area contributed by atoms with E-state index in [1.807, 2.05) is 19.9 Å². The van der Waals surface area contributed by atoms with Crippen LogP contribution in [0.4, 0.5) is 0 Å². The second kappa shape index (κ2) is 5.15. The van der Waals surface area contributed by atoms with E-state index in [1.165, 1.54) is 0 Å². The molecule has 1 saturated heterocycles. The molecule has 0 aliphatic carbocycles. The predicted octanol–water partition coefficient (Wildman–Crippen LogP) is 1.33. The third kappa shape index (κ3) is 2.84. The van der Waals surface area contributed by atoms with E-state index < -0.39 is 0 Å². The van der Waals surface area contributed by atoms with Crippen LogP contribution in [0.15, 0.2) is 11.6 Å². The maximum absolute atomic E-state index is 11.8. The van der Waals surface area contributed by atoms with Gasteiger partial charge >= 0.3 is 0 Å². The molecule has 3 heteroatoms. The molecule has 3 nitrogen and oxygen atoms in total. The van der Waals surface area contributed by atoms with Crippen LogP contribution in [-0.4, -0.2) is 35.1 Å². The number of aliphatic hydroxyl groups excluding tert-OH is 1. The Hall–Kier alpha value is -0.830. The van der Waals surface area contributed by atoms with Crippen LogP contribution in [0.1, 0.15) is 33.1 Å².